The van der Waals surface area contributed by atoms with Gasteiger partial charge in [-0.15, -0.1) is 11.6 Å². The second-order valence-electron chi connectivity index (χ2n) is 5.65. The molecular weight excluding hydrogens is 246 g/mol. The Morgan fingerprint density at radius 2 is 2.22 bits per heavy atom. The topological polar surface area (TPSA) is 29.9 Å². The molecule has 1 fully saturated rings. The number of aromatic nitrogens is 2. The molecule has 0 amide bonds. The highest BCUT2D eigenvalue weighted by Crippen LogP contribution is 2.33. The number of halogens is 1. The largest absolute Gasteiger partial charge is 0.306 e. The highest BCUT2D eigenvalue weighted by molar-refractivity contribution is 6.18. The van der Waals surface area contributed by atoms with E-state index in [0.29, 0.717) is 5.88 Å². The quantitative estimate of drug-likeness (QED) is 0.832. The molecule has 0 unspecified atom stereocenters. The zero-order valence-corrected chi connectivity index (χ0v) is 12.2. The molecule has 1 aliphatic carbocycles. The van der Waals surface area contributed by atoms with Crippen LogP contribution in [0.3, 0.4) is 0 Å². The molecule has 1 aromatic rings. The first-order valence-corrected chi connectivity index (χ1v) is 7.53. The van der Waals surface area contributed by atoms with Gasteiger partial charge in [0.15, 0.2) is 0 Å². The minimum absolute atomic E-state index is 0.141. The van der Waals surface area contributed by atoms with E-state index < -0.39 is 0 Å². The zero-order valence-electron chi connectivity index (χ0n) is 11.5. The number of alkyl halides is 1. The summed E-state index contributed by atoms with van der Waals surface area (Å²) >= 11 is 6.20. The fraction of sp³-hybridized carbons (Fsp3) is 0.786. The molecule has 1 heterocycles. The van der Waals surface area contributed by atoms with E-state index in [2.05, 4.69) is 30.5 Å². The van der Waals surface area contributed by atoms with Gasteiger partial charge in [-0.25, -0.2) is 0 Å². The standard InChI is InChI=1S/C14H24ClN3/c1-3-18-10-13(9-17-18)8-16-14(11-15)6-4-12(2)5-7-14/h9-10,12,16H,3-8,11H2,1-2H3. The SMILES string of the molecule is CCn1cc(CNC2(CCl)CCC(C)CC2)cn1. The molecule has 4 heteroatoms. The zero-order chi connectivity index (χ0) is 13.0. The van der Waals surface area contributed by atoms with E-state index in [-0.39, 0.29) is 5.54 Å². The summed E-state index contributed by atoms with van der Waals surface area (Å²) in [5.41, 5.74) is 1.39. The second-order valence-corrected chi connectivity index (χ2v) is 5.92. The van der Waals surface area contributed by atoms with Gasteiger partial charge in [-0.3, -0.25) is 4.68 Å². The fourth-order valence-electron chi connectivity index (χ4n) is 2.63. The van der Waals surface area contributed by atoms with Crippen LogP contribution in [-0.4, -0.2) is 21.2 Å². The Morgan fingerprint density at radius 1 is 1.50 bits per heavy atom. The van der Waals surface area contributed by atoms with Gasteiger partial charge < -0.3 is 5.32 Å². The molecule has 0 bridgehead atoms. The smallest absolute Gasteiger partial charge is 0.0534 e. The van der Waals surface area contributed by atoms with E-state index in [1.165, 1.54) is 31.2 Å². The van der Waals surface area contributed by atoms with Crippen molar-refractivity contribution >= 4 is 11.6 Å². The van der Waals surface area contributed by atoms with Crippen LogP contribution in [0.5, 0.6) is 0 Å². The molecule has 0 radical (unpaired) electrons. The first-order chi connectivity index (χ1) is 8.67. The molecule has 0 atom stereocenters. The van der Waals surface area contributed by atoms with Gasteiger partial charge in [-0.05, 0) is 38.5 Å². The van der Waals surface area contributed by atoms with Gasteiger partial charge in [0.05, 0.1) is 6.20 Å². The summed E-state index contributed by atoms with van der Waals surface area (Å²) in [6, 6.07) is 0. The summed E-state index contributed by atoms with van der Waals surface area (Å²) in [6.45, 7) is 6.25. The van der Waals surface area contributed by atoms with Crippen molar-refractivity contribution < 1.29 is 0 Å². The molecule has 0 aromatic carbocycles. The molecule has 0 saturated heterocycles. The van der Waals surface area contributed by atoms with E-state index in [1.807, 2.05) is 10.9 Å². The molecule has 0 spiro atoms. The second kappa shape index (κ2) is 6.07. The van der Waals surface area contributed by atoms with Gasteiger partial charge in [0.1, 0.15) is 0 Å². The predicted molar refractivity (Wildman–Crippen MR) is 75.8 cm³/mol. The Balaban J connectivity index is 1.90. The third kappa shape index (κ3) is 3.27. The van der Waals surface area contributed by atoms with Crippen molar-refractivity contribution in [2.45, 2.75) is 58.2 Å². The third-order valence-electron chi connectivity index (χ3n) is 4.17. The van der Waals surface area contributed by atoms with Crippen LogP contribution in [0.2, 0.25) is 0 Å². The van der Waals surface area contributed by atoms with Crippen LogP contribution >= 0.6 is 11.6 Å². The lowest BCUT2D eigenvalue weighted by Crippen LogP contribution is -2.49. The van der Waals surface area contributed by atoms with Crippen molar-refractivity contribution in [3.63, 3.8) is 0 Å². The number of hydrogen-bond acceptors (Lipinski definition) is 2. The summed E-state index contributed by atoms with van der Waals surface area (Å²) < 4.78 is 1.97. The van der Waals surface area contributed by atoms with Gasteiger partial charge in [-0.1, -0.05) is 6.92 Å². The lowest BCUT2D eigenvalue weighted by Gasteiger charge is -2.39. The van der Waals surface area contributed by atoms with Crippen LogP contribution in [0.1, 0.15) is 45.1 Å². The number of rotatable bonds is 5. The van der Waals surface area contributed by atoms with Gasteiger partial charge in [0.2, 0.25) is 0 Å². The predicted octanol–water partition coefficient (Wildman–Crippen LogP) is 3.18. The van der Waals surface area contributed by atoms with Crippen molar-refractivity contribution in [2.24, 2.45) is 5.92 Å². The van der Waals surface area contributed by atoms with E-state index in [4.69, 9.17) is 11.6 Å². The van der Waals surface area contributed by atoms with Gasteiger partial charge in [-0.2, -0.15) is 5.10 Å². The molecule has 1 saturated carbocycles. The van der Waals surface area contributed by atoms with Crippen LogP contribution in [0.25, 0.3) is 0 Å². The number of nitrogens with zero attached hydrogens (tertiary/aromatic N) is 2. The van der Waals surface area contributed by atoms with E-state index >= 15 is 0 Å². The summed E-state index contributed by atoms with van der Waals surface area (Å²) in [6.07, 6.45) is 9.02. The molecule has 18 heavy (non-hydrogen) atoms. The number of hydrogen-bond donors (Lipinski definition) is 1. The van der Waals surface area contributed by atoms with Crippen LogP contribution < -0.4 is 5.32 Å². The van der Waals surface area contributed by atoms with Gasteiger partial charge in [0, 0.05) is 36.3 Å². The van der Waals surface area contributed by atoms with E-state index in [9.17, 15) is 0 Å². The van der Waals surface area contributed by atoms with Crippen molar-refractivity contribution in [2.75, 3.05) is 5.88 Å². The summed E-state index contributed by atoms with van der Waals surface area (Å²) in [7, 11) is 0. The number of nitrogens with one attached hydrogen (secondary N) is 1. The molecule has 2 rings (SSSR count). The monoisotopic (exact) mass is 269 g/mol. The Labute approximate surface area is 115 Å². The van der Waals surface area contributed by atoms with Crippen molar-refractivity contribution in [3.8, 4) is 0 Å². The third-order valence-corrected chi connectivity index (χ3v) is 4.68. The highest BCUT2D eigenvalue weighted by Gasteiger charge is 2.32. The van der Waals surface area contributed by atoms with Gasteiger partial charge >= 0.3 is 0 Å². The van der Waals surface area contributed by atoms with Crippen molar-refractivity contribution in [1.82, 2.24) is 15.1 Å². The fourth-order valence-corrected chi connectivity index (χ4v) is 2.99. The molecule has 3 nitrogen and oxygen atoms in total. The molecular formula is C14H24ClN3. The maximum Gasteiger partial charge on any atom is 0.0534 e. The molecule has 102 valence electrons. The summed E-state index contributed by atoms with van der Waals surface area (Å²) in [5, 5.41) is 7.98. The van der Waals surface area contributed by atoms with Gasteiger partial charge in [0.25, 0.3) is 0 Å². The first-order valence-electron chi connectivity index (χ1n) is 7.00. The van der Waals surface area contributed by atoms with Crippen molar-refractivity contribution in [1.29, 1.82) is 0 Å². The number of aryl methyl sites for hydroxylation is 1. The lowest BCUT2D eigenvalue weighted by atomic mass is 9.78. The highest BCUT2D eigenvalue weighted by atomic mass is 35.5. The minimum Gasteiger partial charge on any atom is -0.306 e. The summed E-state index contributed by atoms with van der Waals surface area (Å²) in [5.74, 6) is 1.56. The van der Waals surface area contributed by atoms with Crippen LogP contribution in [0, 0.1) is 5.92 Å². The van der Waals surface area contributed by atoms with Crippen molar-refractivity contribution in [3.05, 3.63) is 18.0 Å². The van der Waals surface area contributed by atoms with E-state index in [0.717, 1.165) is 19.0 Å². The molecule has 1 aliphatic rings. The average molecular weight is 270 g/mol. The van der Waals surface area contributed by atoms with Crippen LogP contribution in [0.15, 0.2) is 12.4 Å². The van der Waals surface area contributed by atoms with E-state index in [1.54, 1.807) is 0 Å². The maximum absolute atomic E-state index is 6.20. The molecule has 1 aromatic heterocycles. The average Bonchev–Trinajstić information content (AvgIpc) is 2.87. The Morgan fingerprint density at radius 3 is 2.78 bits per heavy atom. The Bertz CT molecular complexity index is 367. The lowest BCUT2D eigenvalue weighted by molar-refractivity contribution is 0.216. The Hall–Kier alpha value is -0.540. The molecule has 1 N–H and O–H groups in total. The minimum atomic E-state index is 0.141. The summed E-state index contributed by atoms with van der Waals surface area (Å²) in [4.78, 5) is 0. The molecule has 0 aliphatic heterocycles. The van der Waals surface area contributed by atoms with Crippen LogP contribution in [0.4, 0.5) is 0 Å². The first kappa shape index (κ1) is 13.9. The normalized spacial score (nSPS) is 28.5. The Kier molecular flexibility index (Phi) is 4.68. The maximum atomic E-state index is 6.20. The van der Waals surface area contributed by atoms with Crippen LogP contribution in [-0.2, 0) is 13.1 Å².